The zero-order chi connectivity index (χ0) is 10.1. The molecule has 0 unspecified atom stereocenters. The van der Waals surface area contributed by atoms with Gasteiger partial charge >= 0.3 is 0 Å². The summed E-state index contributed by atoms with van der Waals surface area (Å²) in [5.74, 6) is 0. The number of nitrogens with one attached hydrogen (secondary N) is 1. The Bertz CT molecular complexity index is 211. The van der Waals surface area contributed by atoms with Crippen LogP contribution in [0.25, 0.3) is 0 Å². The molecule has 1 aliphatic heterocycles. The molecule has 0 spiro atoms. The van der Waals surface area contributed by atoms with Crippen LogP contribution in [-0.2, 0) is 0 Å². The summed E-state index contributed by atoms with van der Waals surface area (Å²) in [6.07, 6.45) is 11.7. The van der Waals surface area contributed by atoms with Gasteiger partial charge in [-0.15, -0.1) is 0 Å². The number of rotatable bonds is 1. The number of fused-ring (bicyclic) bond motifs is 1. The van der Waals surface area contributed by atoms with E-state index in [0.29, 0.717) is 0 Å². The van der Waals surface area contributed by atoms with Gasteiger partial charge in [0, 0.05) is 31.2 Å². The van der Waals surface area contributed by atoms with Crippen LogP contribution in [0, 0.1) is 0 Å². The van der Waals surface area contributed by atoms with Gasteiger partial charge in [-0.2, -0.15) is 0 Å². The average Bonchev–Trinajstić information content (AvgIpc) is 2.78. The molecule has 0 aromatic rings. The molecule has 86 valence electrons. The molecular formula is C13H24N2. The molecule has 3 rings (SSSR count). The minimum atomic E-state index is 0.834. The van der Waals surface area contributed by atoms with Crippen LogP contribution in [0.2, 0.25) is 0 Å². The van der Waals surface area contributed by atoms with E-state index in [1.54, 1.807) is 0 Å². The lowest BCUT2D eigenvalue weighted by atomic mass is 9.91. The maximum atomic E-state index is 3.71. The molecule has 0 aromatic heterocycles. The van der Waals surface area contributed by atoms with Crippen LogP contribution in [0.15, 0.2) is 0 Å². The van der Waals surface area contributed by atoms with Gasteiger partial charge in [0.1, 0.15) is 0 Å². The van der Waals surface area contributed by atoms with Crippen molar-refractivity contribution in [2.45, 2.75) is 69.5 Å². The largest absolute Gasteiger partial charge is 0.311 e. The summed E-state index contributed by atoms with van der Waals surface area (Å²) in [5.41, 5.74) is 0. The van der Waals surface area contributed by atoms with Crippen molar-refractivity contribution in [2.24, 2.45) is 0 Å². The Morgan fingerprint density at radius 1 is 0.867 bits per heavy atom. The fraction of sp³-hybridized carbons (Fsp3) is 1.00. The van der Waals surface area contributed by atoms with Gasteiger partial charge in [0.25, 0.3) is 0 Å². The predicted molar refractivity (Wildman–Crippen MR) is 63.0 cm³/mol. The first-order valence-electron chi connectivity index (χ1n) is 6.94. The lowest BCUT2D eigenvalue weighted by Crippen LogP contribution is -2.58. The SMILES string of the molecule is C1CCC(N2CCN[C@H]3CCC[C@@H]32)CC1. The molecule has 1 N–H and O–H groups in total. The maximum Gasteiger partial charge on any atom is 0.0252 e. The molecule has 3 aliphatic rings. The number of piperazine rings is 1. The molecule has 15 heavy (non-hydrogen) atoms. The lowest BCUT2D eigenvalue weighted by molar-refractivity contribution is 0.0670. The first-order chi connectivity index (χ1) is 7.45. The van der Waals surface area contributed by atoms with Crippen molar-refractivity contribution < 1.29 is 0 Å². The highest BCUT2D eigenvalue weighted by atomic mass is 15.3. The van der Waals surface area contributed by atoms with Crippen LogP contribution in [-0.4, -0.2) is 36.1 Å². The minimum absolute atomic E-state index is 0.834. The van der Waals surface area contributed by atoms with Crippen molar-refractivity contribution in [2.75, 3.05) is 13.1 Å². The molecule has 0 radical (unpaired) electrons. The summed E-state index contributed by atoms with van der Waals surface area (Å²) in [6.45, 7) is 2.55. The van der Waals surface area contributed by atoms with Crippen LogP contribution in [0.4, 0.5) is 0 Å². The number of hydrogen-bond donors (Lipinski definition) is 1. The van der Waals surface area contributed by atoms with Gasteiger partial charge < -0.3 is 5.32 Å². The monoisotopic (exact) mass is 208 g/mol. The Kier molecular flexibility index (Phi) is 2.98. The van der Waals surface area contributed by atoms with Gasteiger partial charge in [-0.25, -0.2) is 0 Å². The third-order valence-corrected chi connectivity index (χ3v) is 4.73. The quantitative estimate of drug-likeness (QED) is 0.710. The molecule has 0 amide bonds. The Morgan fingerprint density at radius 2 is 1.73 bits per heavy atom. The third-order valence-electron chi connectivity index (χ3n) is 4.73. The van der Waals surface area contributed by atoms with Crippen LogP contribution in [0.5, 0.6) is 0 Å². The van der Waals surface area contributed by atoms with E-state index in [9.17, 15) is 0 Å². The fourth-order valence-corrected chi connectivity index (χ4v) is 3.99. The Balaban J connectivity index is 1.67. The van der Waals surface area contributed by atoms with Crippen LogP contribution in [0.3, 0.4) is 0 Å². The second-order valence-electron chi connectivity index (χ2n) is 5.59. The Labute approximate surface area is 93.4 Å². The zero-order valence-electron chi connectivity index (χ0n) is 9.75. The van der Waals surface area contributed by atoms with Crippen molar-refractivity contribution in [1.82, 2.24) is 10.2 Å². The molecule has 3 fully saturated rings. The van der Waals surface area contributed by atoms with Crippen molar-refractivity contribution in [3.63, 3.8) is 0 Å². The third kappa shape index (κ3) is 1.94. The normalized spacial score (nSPS) is 39.2. The molecule has 2 saturated carbocycles. The summed E-state index contributed by atoms with van der Waals surface area (Å²) in [7, 11) is 0. The molecule has 1 saturated heterocycles. The minimum Gasteiger partial charge on any atom is -0.311 e. The maximum absolute atomic E-state index is 3.71. The molecular weight excluding hydrogens is 184 g/mol. The van der Waals surface area contributed by atoms with E-state index in [1.807, 2.05) is 0 Å². The van der Waals surface area contributed by atoms with Crippen molar-refractivity contribution >= 4 is 0 Å². The van der Waals surface area contributed by atoms with Crippen molar-refractivity contribution in [3.8, 4) is 0 Å². The smallest absolute Gasteiger partial charge is 0.0252 e. The average molecular weight is 208 g/mol. The van der Waals surface area contributed by atoms with Crippen LogP contribution >= 0.6 is 0 Å². The number of nitrogens with zero attached hydrogens (tertiary/aromatic N) is 1. The van der Waals surface area contributed by atoms with Gasteiger partial charge in [0.2, 0.25) is 0 Å². The molecule has 2 nitrogen and oxygen atoms in total. The molecule has 1 heterocycles. The van der Waals surface area contributed by atoms with Gasteiger partial charge in [-0.3, -0.25) is 4.90 Å². The van der Waals surface area contributed by atoms with E-state index in [0.717, 1.165) is 18.1 Å². The number of hydrogen-bond acceptors (Lipinski definition) is 2. The van der Waals surface area contributed by atoms with Gasteiger partial charge in [0.05, 0.1) is 0 Å². The second-order valence-corrected chi connectivity index (χ2v) is 5.59. The first-order valence-corrected chi connectivity index (χ1v) is 6.94. The van der Waals surface area contributed by atoms with E-state index in [4.69, 9.17) is 0 Å². The lowest BCUT2D eigenvalue weighted by Gasteiger charge is -2.44. The Morgan fingerprint density at radius 3 is 2.60 bits per heavy atom. The van der Waals surface area contributed by atoms with E-state index in [1.165, 1.54) is 64.5 Å². The van der Waals surface area contributed by atoms with Gasteiger partial charge in [-0.05, 0) is 25.7 Å². The summed E-state index contributed by atoms with van der Waals surface area (Å²) in [4.78, 5) is 2.87. The van der Waals surface area contributed by atoms with Crippen molar-refractivity contribution in [3.05, 3.63) is 0 Å². The summed E-state index contributed by atoms with van der Waals surface area (Å²) in [5, 5.41) is 3.71. The highest BCUT2D eigenvalue weighted by molar-refractivity contribution is 4.96. The van der Waals surface area contributed by atoms with Gasteiger partial charge in [-0.1, -0.05) is 25.7 Å². The highest BCUT2D eigenvalue weighted by Crippen LogP contribution is 2.32. The second kappa shape index (κ2) is 4.42. The molecule has 2 atom stereocenters. The summed E-state index contributed by atoms with van der Waals surface area (Å²) < 4.78 is 0. The standard InChI is InChI=1S/C13H24N2/c1-2-5-11(6-3-1)15-10-9-14-12-7-4-8-13(12)15/h11-14H,1-10H2/t12-,13-/m0/s1. The highest BCUT2D eigenvalue weighted by Gasteiger charge is 2.37. The Hall–Kier alpha value is -0.0800. The van der Waals surface area contributed by atoms with E-state index < -0.39 is 0 Å². The summed E-state index contributed by atoms with van der Waals surface area (Å²) in [6, 6.07) is 2.66. The van der Waals surface area contributed by atoms with E-state index >= 15 is 0 Å². The van der Waals surface area contributed by atoms with Crippen LogP contribution in [0.1, 0.15) is 51.4 Å². The van der Waals surface area contributed by atoms with Crippen molar-refractivity contribution in [1.29, 1.82) is 0 Å². The topological polar surface area (TPSA) is 15.3 Å². The predicted octanol–water partition coefficient (Wildman–Crippen LogP) is 2.15. The zero-order valence-corrected chi connectivity index (χ0v) is 9.75. The molecule has 2 heteroatoms. The molecule has 2 aliphatic carbocycles. The first kappa shape index (κ1) is 10.1. The molecule has 0 aromatic carbocycles. The van der Waals surface area contributed by atoms with E-state index in [-0.39, 0.29) is 0 Å². The van der Waals surface area contributed by atoms with Crippen LogP contribution < -0.4 is 5.32 Å². The summed E-state index contributed by atoms with van der Waals surface area (Å²) >= 11 is 0. The van der Waals surface area contributed by atoms with Gasteiger partial charge in [0.15, 0.2) is 0 Å². The fourth-order valence-electron chi connectivity index (χ4n) is 3.99. The molecule has 0 bridgehead atoms. The van der Waals surface area contributed by atoms with E-state index in [2.05, 4.69) is 10.2 Å².